The number of thioether (sulfide) groups is 2. The van der Waals surface area contributed by atoms with Gasteiger partial charge in [0.2, 0.25) is 10.2 Å². The Bertz CT molecular complexity index is 285. The molecule has 90 valence electrons. The number of carbonyl (C=O) groups excluding carboxylic acids is 2. The van der Waals surface area contributed by atoms with Crippen LogP contribution in [0.15, 0.2) is 23.5 Å². The van der Waals surface area contributed by atoms with Crippen molar-refractivity contribution in [2.75, 3.05) is 11.5 Å². The van der Waals surface area contributed by atoms with E-state index in [4.69, 9.17) is 11.5 Å². The summed E-state index contributed by atoms with van der Waals surface area (Å²) in [5.74, 6) is 1.16. The van der Waals surface area contributed by atoms with Gasteiger partial charge in [0.1, 0.15) is 0 Å². The first-order valence-electron chi connectivity index (χ1n) is 4.63. The van der Waals surface area contributed by atoms with Crippen LogP contribution >= 0.6 is 23.5 Å². The van der Waals surface area contributed by atoms with Crippen molar-refractivity contribution in [1.29, 1.82) is 0 Å². The Hall–Kier alpha value is -0.880. The van der Waals surface area contributed by atoms with Crippen molar-refractivity contribution in [3.63, 3.8) is 0 Å². The summed E-state index contributed by atoms with van der Waals surface area (Å²) in [7, 11) is 0. The van der Waals surface area contributed by atoms with Gasteiger partial charge in [-0.05, 0) is 13.8 Å². The highest BCUT2D eigenvalue weighted by atomic mass is 32.2. The van der Waals surface area contributed by atoms with Gasteiger partial charge in [0, 0.05) is 35.1 Å². The van der Waals surface area contributed by atoms with Gasteiger partial charge in [-0.25, -0.2) is 0 Å². The van der Waals surface area contributed by atoms with Gasteiger partial charge in [-0.3, -0.25) is 9.59 Å². The van der Waals surface area contributed by atoms with E-state index >= 15 is 0 Å². The molecule has 0 amide bonds. The highest BCUT2D eigenvalue weighted by molar-refractivity contribution is 8.17. The molecule has 4 nitrogen and oxygen atoms in total. The average molecular weight is 260 g/mol. The van der Waals surface area contributed by atoms with E-state index in [1.54, 1.807) is 13.8 Å². The molecule has 0 aliphatic carbocycles. The Morgan fingerprint density at radius 1 is 0.938 bits per heavy atom. The van der Waals surface area contributed by atoms with Crippen molar-refractivity contribution in [3.05, 3.63) is 23.5 Å². The SMILES string of the molecule is C/C(N)=C/C(=O)SCCSC(=O)/C=C(/C)N. The van der Waals surface area contributed by atoms with E-state index in [1.165, 1.54) is 12.2 Å². The molecule has 0 fully saturated rings. The van der Waals surface area contributed by atoms with Crippen LogP contribution in [0.5, 0.6) is 0 Å². The molecule has 16 heavy (non-hydrogen) atoms. The van der Waals surface area contributed by atoms with E-state index in [0.717, 1.165) is 23.5 Å². The molecule has 0 unspecified atom stereocenters. The molecule has 0 aliphatic heterocycles. The molecular formula is C10H16N2O2S2. The minimum atomic E-state index is -0.0846. The largest absolute Gasteiger partial charge is 0.402 e. The summed E-state index contributed by atoms with van der Waals surface area (Å²) < 4.78 is 0. The molecule has 0 bridgehead atoms. The van der Waals surface area contributed by atoms with Gasteiger partial charge in [0.15, 0.2) is 0 Å². The Morgan fingerprint density at radius 2 is 1.25 bits per heavy atom. The van der Waals surface area contributed by atoms with E-state index in [0.29, 0.717) is 22.9 Å². The van der Waals surface area contributed by atoms with Gasteiger partial charge in [-0.1, -0.05) is 23.5 Å². The zero-order valence-corrected chi connectivity index (χ0v) is 11.0. The van der Waals surface area contributed by atoms with Gasteiger partial charge in [0.05, 0.1) is 0 Å². The third kappa shape index (κ3) is 9.67. The Balaban J connectivity index is 3.69. The fourth-order valence-electron chi connectivity index (χ4n) is 0.740. The standard InChI is InChI=1S/C10H16N2O2S2/c1-7(11)5-9(13)15-3-4-16-10(14)6-8(2)12/h5-6H,3-4,11-12H2,1-2H3/b7-5-,8-6-. The molecule has 0 radical (unpaired) electrons. The summed E-state index contributed by atoms with van der Waals surface area (Å²) in [5, 5.41) is -0.169. The molecule has 6 heteroatoms. The maximum Gasteiger partial charge on any atom is 0.213 e. The maximum atomic E-state index is 11.2. The van der Waals surface area contributed by atoms with Gasteiger partial charge in [-0.15, -0.1) is 0 Å². The summed E-state index contributed by atoms with van der Waals surface area (Å²) in [5.41, 5.74) is 11.7. The van der Waals surface area contributed by atoms with Gasteiger partial charge in [0.25, 0.3) is 0 Å². The molecule has 0 rings (SSSR count). The van der Waals surface area contributed by atoms with Gasteiger partial charge < -0.3 is 11.5 Å². The highest BCUT2D eigenvalue weighted by Crippen LogP contribution is 2.10. The van der Waals surface area contributed by atoms with Crippen LogP contribution in [0, 0.1) is 0 Å². The lowest BCUT2D eigenvalue weighted by atomic mass is 10.5. The minimum Gasteiger partial charge on any atom is -0.402 e. The highest BCUT2D eigenvalue weighted by Gasteiger charge is 2.02. The second-order valence-electron chi connectivity index (χ2n) is 3.11. The first-order chi connectivity index (χ1) is 7.41. The predicted molar refractivity (Wildman–Crippen MR) is 70.8 cm³/mol. The number of hydrogen-bond acceptors (Lipinski definition) is 6. The van der Waals surface area contributed by atoms with Crippen molar-refractivity contribution in [3.8, 4) is 0 Å². The second-order valence-corrected chi connectivity index (χ2v) is 5.31. The average Bonchev–Trinajstić information content (AvgIpc) is 2.10. The normalized spacial score (nSPS) is 12.6. The first-order valence-corrected chi connectivity index (χ1v) is 6.60. The number of allylic oxidation sites excluding steroid dienone is 2. The third-order valence-corrected chi connectivity index (χ3v) is 3.14. The van der Waals surface area contributed by atoms with Crippen molar-refractivity contribution < 1.29 is 9.59 Å². The summed E-state index contributed by atoms with van der Waals surface area (Å²) >= 11 is 2.29. The molecule has 4 N–H and O–H groups in total. The van der Waals surface area contributed by atoms with E-state index in [9.17, 15) is 9.59 Å². The summed E-state index contributed by atoms with van der Waals surface area (Å²) in [6.07, 6.45) is 2.75. The number of rotatable bonds is 5. The number of carbonyl (C=O) groups is 2. The smallest absolute Gasteiger partial charge is 0.213 e. The lowest BCUT2D eigenvalue weighted by Gasteiger charge is -1.97. The van der Waals surface area contributed by atoms with E-state index in [1.807, 2.05) is 0 Å². The van der Waals surface area contributed by atoms with Crippen molar-refractivity contribution >= 4 is 33.8 Å². The van der Waals surface area contributed by atoms with Crippen molar-refractivity contribution in [2.45, 2.75) is 13.8 Å². The van der Waals surface area contributed by atoms with E-state index in [-0.39, 0.29) is 10.2 Å². The fourth-order valence-corrected chi connectivity index (χ4v) is 2.35. The van der Waals surface area contributed by atoms with Crippen LogP contribution in [0.1, 0.15) is 13.8 Å². The van der Waals surface area contributed by atoms with Crippen molar-refractivity contribution in [1.82, 2.24) is 0 Å². The third-order valence-electron chi connectivity index (χ3n) is 1.26. The molecule has 0 aromatic heterocycles. The molecule has 0 aliphatic rings. The number of hydrogen-bond donors (Lipinski definition) is 2. The summed E-state index contributed by atoms with van der Waals surface area (Å²) in [6, 6.07) is 0. The van der Waals surface area contributed by atoms with Gasteiger partial charge in [-0.2, -0.15) is 0 Å². The molecule has 0 aromatic carbocycles. The number of nitrogens with two attached hydrogens (primary N) is 2. The molecule has 0 saturated carbocycles. The van der Waals surface area contributed by atoms with Crippen molar-refractivity contribution in [2.24, 2.45) is 11.5 Å². The first kappa shape index (κ1) is 15.1. The second kappa shape index (κ2) is 8.29. The topological polar surface area (TPSA) is 86.2 Å². The van der Waals surface area contributed by atoms with Crippen LogP contribution in [-0.2, 0) is 9.59 Å². The van der Waals surface area contributed by atoms with Crippen LogP contribution in [-0.4, -0.2) is 21.7 Å². The lowest BCUT2D eigenvalue weighted by molar-refractivity contribution is -0.107. The maximum absolute atomic E-state index is 11.2. The molecule has 0 saturated heterocycles. The van der Waals surface area contributed by atoms with E-state index in [2.05, 4.69) is 0 Å². The van der Waals surface area contributed by atoms with Crippen LogP contribution in [0.4, 0.5) is 0 Å². The Labute approximate surface area is 104 Å². The molecular weight excluding hydrogens is 244 g/mol. The summed E-state index contributed by atoms with van der Waals surface area (Å²) in [6.45, 7) is 3.32. The molecule has 0 atom stereocenters. The quantitative estimate of drug-likeness (QED) is 0.571. The Kier molecular flexibility index (Phi) is 7.84. The minimum absolute atomic E-state index is 0.0846. The van der Waals surface area contributed by atoms with Crippen LogP contribution in [0.25, 0.3) is 0 Å². The Morgan fingerprint density at radius 3 is 1.50 bits per heavy atom. The van der Waals surface area contributed by atoms with Crippen LogP contribution < -0.4 is 11.5 Å². The van der Waals surface area contributed by atoms with Crippen LogP contribution in [0.2, 0.25) is 0 Å². The summed E-state index contributed by atoms with van der Waals surface area (Å²) in [4.78, 5) is 22.3. The fraction of sp³-hybridized carbons (Fsp3) is 0.400. The van der Waals surface area contributed by atoms with E-state index < -0.39 is 0 Å². The molecule has 0 spiro atoms. The molecule has 0 heterocycles. The monoisotopic (exact) mass is 260 g/mol. The predicted octanol–water partition coefficient (Wildman–Crippen LogP) is 1.23. The van der Waals surface area contributed by atoms with Gasteiger partial charge >= 0.3 is 0 Å². The lowest BCUT2D eigenvalue weighted by Crippen LogP contribution is -1.99. The van der Waals surface area contributed by atoms with Crippen LogP contribution in [0.3, 0.4) is 0 Å². The zero-order valence-electron chi connectivity index (χ0n) is 9.36. The molecule has 0 aromatic rings. The zero-order chi connectivity index (χ0) is 12.6.